The van der Waals surface area contributed by atoms with E-state index in [0.29, 0.717) is 5.02 Å². The van der Waals surface area contributed by atoms with E-state index in [1.165, 1.54) is 17.2 Å². The monoisotopic (exact) mass is 242 g/mol. The zero-order chi connectivity index (χ0) is 11.7. The molecule has 6 heteroatoms. The minimum absolute atomic E-state index is 0.119. The summed E-state index contributed by atoms with van der Waals surface area (Å²) in [5.74, 6) is -0.335. The predicted molar refractivity (Wildman–Crippen MR) is 57.2 cm³/mol. The van der Waals surface area contributed by atoms with Gasteiger partial charge in [0.05, 0.1) is 12.2 Å². The Balaban J connectivity index is 2.14. The van der Waals surface area contributed by atoms with Gasteiger partial charge >= 0.3 is 0 Å². The van der Waals surface area contributed by atoms with Gasteiger partial charge in [-0.1, -0.05) is 11.6 Å². The summed E-state index contributed by atoms with van der Waals surface area (Å²) >= 11 is 5.74. The maximum atomic E-state index is 11.9. The Hall–Kier alpha value is -1.17. The van der Waals surface area contributed by atoms with Crippen molar-refractivity contribution in [3.63, 3.8) is 0 Å². The van der Waals surface area contributed by atoms with Gasteiger partial charge in [0, 0.05) is 24.3 Å². The second-order valence-electron chi connectivity index (χ2n) is 3.70. The van der Waals surface area contributed by atoms with Crippen LogP contribution in [0.25, 0.3) is 0 Å². The lowest BCUT2D eigenvalue weighted by Crippen LogP contribution is -2.30. The molecule has 0 aromatic carbocycles. The molecule has 1 amide bonds. The molecule has 0 saturated carbocycles. The highest BCUT2D eigenvalue weighted by molar-refractivity contribution is 6.30. The maximum Gasteiger partial charge on any atom is 0.272 e. The SMILES string of the molecule is O=C(c1cc(Cl)ccn1)N1C[C@@H](O)[C@@H](O)C1. The van der Waals surface area contributed by atoms with Crippen molar-refractivity contribution in [1.29, 1.82) is 0 Å². The summed E-state index contributed by atoms with van der Waals surface area (Å²) in [5, 5.41) is 19.1. The van der Waals surface area contributed by atoms with Gasteiger partial charge < -0.3 is 15.1 Å². The number of amides is 1. The summed E-state index contributed by atoms with van der Waals surface area (Å²) in [4.78, 5) is 17.1. The van der Waals surface area contributed by atoms with Crippen LogP contribution in [0.3, 0.4) is 0 Å². The highest BCUT2D eigenvalue weighted by atomic mass is 35.5. The third-order valence-corrected chi connectivity index (χ3v) is 2.72. The van der Waals surface area contributed by atoms with Crippen molar-refractivity contribution in [3.8, 4) is 0 Å². The molecule has 0 unspecified atom stereocenters. The Labute approximate surface area is 97.3 Å². The number of aromatic nitrogens is 1. The molecule has 0 bridgehead atoms. The van der Waals surface area contributed by atoms with E-state index < -0.39 is 12.2 Å². The molecule has 1 aliphatic heterocycles. The Bertz CT molecular complexity index is 403. The van der Waals surface area contributed by atoms with Gasteiger partial charge in [-0.3, -0.25) is 9.78 Å². The van der Waals surface area contributed by atoms with Crippen LogP contribution >= 0.6 is 11.6 Å². The molecule has 1 aromatic heterocycles. The Morgan fingerprint density at radius 2 is 2.06 bits per heavy atom. The first kappa shape index (κ1) is 11.3. The first-order valence-electron chi connectivity index (χ1n) is 4.85. The molecule has 2 N–H and O–H groups in total. The molecule has 16 heavy (non-hydrogen) atoms. The number of rotatable bonds is 1. The topological polar surface area (TPSA) is 73.7 Å². The molecule has 2 atom stereocenters. The predicted octanol–water partition coefficient (Wildman–Crippen LogP) is -0.0874. The van der Waals surface area contributed by atoms with Crippen LogP contribution in [0.4, 0.5) is 0 Å². The van der Waals surface area contributed by atoms with Crippen LogP contribution in [0.2, 0.25) is 5.02 Å². The van der Waals surface area contributed by atoms with E-state index in [0.717, 1.165) is 0 Å². The van der Waals surface area contributed by atoms with E-state index in [1.807, 2.05) is 0 Å². The third-order valence-electron chi connectivity index (χ3n) is 2.49. The fourth-order valence-corrected chi connectivity index (χ4v) is 1.78. The summed E-state index contributed by atoms with van der Waals surface area (Å²) in [6.07, 6.45) is -0.329. The van der Waals surface area contributed by atoms with Gasteiger partial charge in [0.25, 0.3) is 5.91 Å². The highest BCUT2D eigenvalue weighted by Crippen LogP contribution is 2.15. The number of carbonyl (C=O) groups is 1. The lowest BCUT2D eigenvalue weighted by Gasteiger charge is -2.14. The smallest absolute Gasteiger partial charge is 0.272 e. The van der Waals surface area contributed by atoms with Crippen molar-refractivity contribution in [2.75, 3.05) is 13.1 Å². The fourth-order valence-electron chi connectivity index (χ4n) is 1.62. The quantitative estimate of drug-likeness (QED) is 0.722. The number of halogens is 1. The van der Waals surface area contributed by atoms with E-state index in [4.69, 9.17) is 11.6 Å². The summed E-state index contributed by atoms with van der Waals surface area (Å²) < 4.78 is 0. The number of carbonyl (C=O) groups excluding carboxylic acids is 1. The lowest BCUT2D eigenvalue weighted by molar-refractivity contribution is 0.0572. The Morgan fingerprint density at radius 3 is 2.62 bits per heavy atom. The molecule has 1 saturated heterocycles. The largest absolute Gasteiger partial charge is 0.388 e. The molecule has 2 rings (SSSR count). The average Bonchev–Trinajstić information content (AvgIpc) is 2.58. The van der Waals surface area contributed by atoms with Crippen molar-refractivity contribution < 1.29 is 15.0 Å². The average molecular weight is 243 g/mol. The normalized spacial score (nSPS) is 24.8. The van der Waals surface area contributed by atoms with Crippen LogP contribution in [0, 0.1) is 0 Å². The van der Waals surface area contributed by atoms with Crippen molar-refractivity contribution >= 4 is 17.5 Å². The standard InChI is InChI=1S/C10H11ClN2O3/c11-6-1-2-12-7(3-6)10(16)13-4-8(14)9(15)5-13/h1-3,8-9,14-15H,4-5H2/t8-,9+. The number of hydrogen-bond donors (Lipinski definition) is 2. The summed E-state index contributed by atoms with van der Waals surface area (Å²) in [5.41, 5.74) is 0.216. The molecular formula is C10H11ClN2O3. The number of aliphatic hydroxyl groups excluding tert-OH is 2. The van der Waals surface area contributed by atoms with Gasteiger partial charge in [0.2, 0.25) is 0 Å². The van der Waals surface area contributed by atoms with E-state index in [1.54, 1.807) is 6.07 Å². The van der Waals surface area contributed by atoms with Crippen LogP contribution in [0.5, 0.6) is 0 Å². The molecule has 5 nitrogen and oxygen atoms in total. The zero-order valence-electron chi connectivity index (χ0n) is 8.38. The van der Waals surface area contributed by atoms with Crippen molar-refractivity contribution in [3.05, 3.63) is 29.0 Å². The van der Waals surface area contributed by atoms with Gasteiger partial charge in [-0.15, -0.1) is 0 Å². The number of β-amino-alcohol motifs (C(OH)–C–C–N with tert-alkyl or cyclic N) is 2. The number of pyridine rings is 1. The van der Waals surface area contributed by atoms with Gasteiger partial charge in [-0.05, 0) is 12.1 Å². The number of nitrogens with zero attached hydrogens (tertiary/aromatic N) is 2. The van der Waals surface area contributed by atoms with Crippen LogP contribution in [-0.2, 0) is 0 Å². The number of hydrogen-bond acceptors (Lipinski definition) is 4. The summed E-state index contributed by atoms with van der Waals surface area (Å²) in [6, 6.07) is 3.03. The van der Waals surface area contributed by atoms with Crippen molar-refractivity contribution in [2.24, 2.45) is 0 Å². The number of aliphatic hydroxyl groups is 2. The third kappa shape index (κ3) is 2.16. The van der Waals surface area contributed by atoms with Gasteiger partial charge in [0.15, 0.2) is 0 Å². The summed E-state index contributed by atoms with van der Waals surface area (Å²) in [7, 11) is 0. The van der Waals surface area contributed by atoms with E-state index >= 15 is 0 Å². The zero-order valence-corrected chi connectivity index (χ0v) is 9.13. The Kier molecular flexibility index (Phi) is 3.09. The molecule has 1 aromatic rings. The lowest BCUT2D eigenvalue weighted by atomic mass is 10.3. The van der Waals surface area contributed by atoms with Crippen LogP contribution < -0.4 is 0 Å². The molecule has 1 aliphatic rings. The van der Waals surface area contributed by atoms with E-state index in [2.05, 4.69) is 4.98 Å². The maximum absolute atomic E-state index is 11.9. The molecule has 1 fully saturated rings. The van der Waals surface area contributed by atoms with Crippen LogP contribution in [0.15, 0.2) is 18.3 Å². The summed E-state index contributed by atoms with van der Waals surface area (Å²) in [6.45, 7) is 0.238. The van der Waals surface area contributed by atoms with Gasteiger partial charge in [-0.25, -0.2) is 0 Å². The van der Waals surface area contributed by atoms with E-state index in [-0.39, 0.29) is 24.7 Å². The second kappa shape index (κ2) is 4.37. The molecule has 86 valence electrons. The molecular weight excluding hydrogens is 232 g/mol. The first-order valence-corrected chi connectivity index (χ1v) is 5.22. The Morgan fingerprint density at radius 1 is 1.44 bits per heavy atom. The first-order chi connectivity index (χ1) is 7.58. The van der Waals surface area contributed by atoms with Crippen LogP contribution in [-0.4, -0.2) is 51.3 Å². The molecule has 0 spiro atoms. The fraction of sp³-hybridized carbons (Fsp3) is 0.400. The molecule has 2 heterocycles. The highest BCUT2D eigenvalue weighted by Gasteiger charge is 2.33. The molecule has 0 radical (unpaired) electrons. The van der Waals surface area contributed by atoms with Gasteiger partial charge in [-0.2, -0.15) is 0 Å². The minimum atomic E-state index is -0.886. The van der Waals surface area contributed by atoms with Crippen molar-refractivity contribution in [1.82, 2.24) is 9.88 Å². The second-order valence-corrected chi connectivity index (χ2v) is 4.14. The van der Waals surface area contributed by atoms with Crippen molar-refractivity contribution in [2.45, 2.75) is 12.2 Å². The number of likely N-dealkylation sites (tertiary alicyclic amines) is 1. The molecule has 0 aliphatic carbocycles. The van der Waals surface area contributed by atoms with Gasteiger partial charge in [0.1, 0.15) is 5.69 Å². The minimum Gasteiger partial charge on any atom is -0.388 e. The van der Waals surface area contributed by atoms with Crippen LogP contribution in [0.1, 0.15) is 10.5 Å². The van der Waals surface area contributed by atoms with E-state index in [9.17, 15) is 15.0 Å².